The minimum absolute atomic E-state index is 0.594. The molecule has 120 valence electrons. The normalized spacial score (nSPS) is 11.0. The molecule has 0 saturated carbocycles. The van der Waals surface area contributed by atoms with E-state index in [2.05, 4.69) is 31.2 Å². The molecule has 0 aliphatic carbocycles. The Morgan fingerprint density at radius 2 is 1.95 bits per heavy atom. The van der Waals surface area contributed by atoms with Crippen LogP contribution >= 0.6 is 11.6 Å². The van der Waals surface area contributed by atoms with Crippen LogP contribution < -0.4 is 14.8 Å². The summed E-state index contributed by atoms with van der Waals surface area (Å²) in [6.07, 6.45) is 0.940. The average molecular weight is 315 g/mol. The fourth-order valence-electron chi connectivity index (χ4n) is 1.87. The van der Waals surface area contributed by atoms with Crippen molar-refractivity contribution in [2.75, 3.05) is 40.4 Å². The zero-order valence-electron chi connectivity index (χ0n) is 13.5. The number of benzene rings is 1. The first-order valence-corrected chi connectivity index (χ1v) is 7.89. The molecule has 1 aromatic rings. The average Bonchev–Trinajstić information content (AvgIpc) is 2.43. The van der Waals surface area contributed by atoms with E-state index in [-0.39, 0.29) is 0 Å². The Labute approximate surface area is 133 Å². The lowest BCUT2D eigenvalue weighted by Crippen LogP contribution is -2.26. The molecule has 5 heteroatoms. The molecule has 0 radical (unpaired) electrons. The number of likely N-dealkylation sites (N-methyl/N-ethyl adjacent to an activating group) is 1. The number of ether oxygens (including phenoxy) is 2. The van der Waals surface area contributed by atoms with Gasteiger partial charge in [0.25, 0.3) is 0 Å². The predicted octanol–water partition coefficient (Wildman–Crippen LogP) is 3.18. The quantitative estimate of drug-likeness (QED) is 0.673. The van der Waals surface area contributed by atoms with Gasteiger partial charge >= 0.3 is 0 Å². The molecule has 1 aromatic carbocycles. The Kier molecular flexibility index (Phi) is 8.50. The van der Waals surface area contributed by atoms with E-state index in [4.69, 9.17) is 21.1 Å². The van der Waals surface area contributed by atoms with Gasteiger partial charge in [0.1, 0.15) is 0 Å². The van der Waals surface area contributed by atoms with Gasteiger partial charge in [0.2, 0.25) is 0 Å². The van der Waals surface area contributed by atoms with Crippen molar-refractivity contribution in [2.24, 2.45) is 0 Å². The van der Waals surface area contributed by atoms with Crippen LogP contribution in [-0.2, 0) is 6.54 Å². The Morgan fingerprint density at radius 1 is 1.19 bits per heavy atom. The van der Waals surface area contributed by atoms with Crippen LogP contribution in [0.15, 0.2) is 12.1 Å². The van der Waals surface area contributed by atoms with Crippen molar-refractivity contribution in [3.63, 3.8) is 0 Å². The van der Waals surface area contributed by atoms with Crippen molar-refractivity contribution in [1.29, 1.82) is 0 Å². The molecule has 0 aliphatic rings. The molecule has 0 atom stereocenters. The number of nitrogens with zero attached hydrogens (tertiary/aromatic N) is 1. The molecule has 0 amide bonds. The van der Waals surface area contributed by atoms with Crippen LogP contribution in [-0.4, -0.2) is 45.3 Å². The van der Waals surface area contributed by atoms with Crippen molar-refractivity contribution in [2.45, 2.75) is 26.8 Å². The fraction of sp³-hybridized carbons (Fsp3) is 0.625. The topological polar surface area (TPSA) is 33.7 Å². The molecule has 0 spiro atoms. The van der Waals surface area contributed by atoms with Gasteiger partial charge < -0.3 is 19.7 Å². The Hall–Kier alpha value is -0.970. The van der Waals surface area contributed by atoms with E-state index in [9.17, 15) is 0 Å². The third-order valence-electron chi connectivity index (χ3n) is 2.88. The Morgan fingerprint density at radius 3 is 2.57 bits per heavy atom. The lowest BCUT2D eigenvalue weighted by molar-refractivity contribution is 0.277. The van der Waals surface area contributed by atoms with Crippen molar-refractivity contribution in [3.8, 4) is 11.5 Å². The van der Waals surface area contributed by atoms with E-state index in [1.165, 1.54) is 0 Å². The van der Waals surface area contributed by atoms with Gasteiger partial charge in [0.05, 0.1) is 18.2 Å². The lowest BCUT2D eigenvalue weighted by atomic mass is 10.2. The highest BCUT2D eigenvalue weighted by molar-refractivity contribution is 6.32. The third-order valence-corrected chi connectivity index (χ3v) is 3.17. The van der Waals surface area contributed by atoms with Crippen LogP contribution in [0.4, 0.5) is 0 Å². The van der Waals surface area contributed by atoms with E-state index in [1.54, 1.807) is 0 Å². The van der Waals surface area contributed by atoms with Crippen LogP contribution in [0, 0.1) is 0 Å². The van der Waals surface area contributed by atoms with Gasteiger partial charge in [-0.3, -0.25) is 0 Å². The number of nitrogens with one attached hydrogen (secondary N) is 1. The molecule has 0 aliphatic heterocycles. The van der Waals surface area contributed by atoms with Crippen LogP contribution in [0.1, 0.15) is 25.8 Å². The largest absolute Gasteiger partial charge is 0.490 e. The molecule has 0 heterocycles. The highest BCUT2D eigenvalue weighted by atomic mass is 35.5. The summed E-state index contributed by atoms with van der Waals surface area (Å²) in [5.41, 5.74) is 1.10. The first kappa shape index (κ1) is 18.1. The van der Waals surface area contributed by atoms with Crippen molar-refractivity contribution in [1.82, 2.24) is 10.2 Å². The zero-order chi connectivity index (χ0) is 15.7. The van der Waals surface area contributed by atoms with E-state index in [0.717, 1.165) is 37.4 Å². The molecule has 21 heavy (non-hydrogen) atoms. The minimum atomic E-state index is 0.594. The third kappa shape index (κ3) is 6.55. The smallest absolute Gasteiger partial charge is 0.179 e. The summed E-state index contributed by atoms with van der Waals surface area (Å²) >= 11 is 6.33. The monoisotopic (exact) mass is 314 g/mol. The first-order chi connectivity index (χ1) is 10.1. The van der Waals surface area contributed by atoms with E-state index in [0.29, 0.717) is 24.0 Å². The summed E-state index contributed by atoms with van der Waals surface area (Å²) in [6.45, 7) is 7.96. The van der Waals surface area contributed by atoms with Crippen LogP contribution in [0.3, 0.4) is 0 Å². The van der Waals surface area contributed by atoms with Gasteiger partial charge in [0, 0.05) is 19.6 Å². The molecule has 0 fully saturated rings. The van der Waals surface area contributed by atoms with Crippen molar-refractivity contribution < 1.29 is 9.47 Å². The Balaban J connectivity index is 2.73. The summed E-state index contributed by atoms with van der Waals surface area (Å²) < 4.78 is 11.4. The Bertz CT molecular complexity index is 425. The van der Waals surface area contributed by atoms with Gasteiger partial charge in [-0.1, -0.05) is 18.5 Å². The van der Waals surface area contributed by atoms with E-state index < -0.39 is 0 Å². The predicted molar refractivity (Wildman–Crippen MR) is 88.7 cm³/mol. The maximum absolute atomic E-state index is 6.33. The molecular formula is C16H27ClN2O2. The van der Waals surface area contributed by atoms with E-state index >= 15 is 0 Å². The van der Waals surface area contributed by atoms with Crippen LogP contribution in [0.2, 0.25) is 5.02 Å². The second-order valence-corrected chi connectivity index (χ2v) is 5.57. The van der Waals surface area contributed by atoms with Gasteiger partial charge in [-0.15, -0.1) is 0 Å². The highest BCUT2D eigenvalue weighted by Gasteiger charge is 2.12. The molecule has 0 aromatic heterocycles. The SMILES string of the molecule is CCCOc1c(Cl)cc(CNCCN(C)C)cc1OCC. The molecule has 0 saturated heterocycles. The summed E-state index contributed by atoms with van der Waals surface area (Å²) in [7, 11) is 4.12. The minimum Gasteiger partial charge on any atom is -0.490 e. The summed E-state index contributed by atoms with van der Waals surface area (Å²) in [6, 6.07) is 3.95. The standard InChI is InChI=1S/C16H27ClN2O2/c1-5-9-21-16-14(17)10-13(11-15(16)20-6-2)12-18-7-8-19(3)4/h10-11,18H,5-9,12H2,1-4H3. The lowest BCUT2D eigenvalue weighted by Gasteiger charge is -2.15. The second-order valence-electron chi connectivity index (χ2n) is 5.17. The van der Waals surface area contributed by atoms with Gasteiger partial charge in [-0.05, 0) is 45.1 Å². The first-order valence-electron chi connectivity index (χ1n) is 7.51. The molecular weight excluding hydrogens is 288 g/mol. The molecule has 4 nitrogen and oxygen atoms in total. The maximum Gasteiger partial charge on any atom is 0.179 e. The molecule has 0 bridgehead atoms. The molecule has 0 unspecified atom stereocenters. The summed E-state index contributed by atoms with van der Waals surface area (Å²) in [5, 5.41) is 4.01. The van der Waals surface area contributed by atoms with Gasteiger partial charge in [-0.2, -0.15) is 0 Å². The second kappa shape index (κ2) is 9.87. The number of rotatable bonds is 10. The van der Waals surface area contributed by atoms with Crippen molar-refractivity contribution in [3.05, 3.63) is 22.7 Å². The molecule has 1 rings (SSSR count). The number of halogens is 1. The van der Waals surface area contributed by atoms with Crippen LogP contribution in [0.5, 0.6) is 11.5 Å². The van der Waals surface area contributed by atoms with E-state index in [1.807, 2.05) is 19.1 Å². The highest BCUT2D eigenvalue weighted by Crippen LogP contribution is 2.36. The number of hydrogen-bond donors (Lipinski definition) is 1. The van der Waals surface area contributed by atoms with Gasteiger partial charge in [-0.25, -0.2) is 0 Å². The summed E-state index contributed by atoms with van der Waals surface area (Å²) in [5.74, 6) is 1.38. The number of hydrogen-bond acceptors (Lipinski definition) is 4. The van der Waals surface area contributed by atoms with Crippen molar-refractivity contribution >= 4 is 11.6 Å². The zero-order valence-corrected chi connectivity index (χ0v) is 14.3. The fourth-order valence-corrected chi connectivity index (χ4v) is 2.15. The maximum atomic E-state index is 6.33. The summed E-state index contributed by atoms with van der Waals surface area (Å²) in [4.78, 5) is 2.15. The van der Waals surface area contributed by atoms with Gasteiger partial charge in [0.15, 0.2) is 11.5 Å². The molecule has 1 N–H and O–H groups in total. The van der Waals surface area contributed by atoms with Crippen LogP contribution in [0.25, 0.3) is 0 Å².